The quantitative estimate of drug-likeness (QED) is 0.377. The average molecular weight is 437 g/mol. The summed E-state index contributed by atoms with van der Waals surface area (Å²) in [6.07, 6.45) is 0. The zero-order valence-electron chi connectivity index (χ0n) is 16.6. The molecule has 0 unspecified atom stereocenters. The predicted octanol–water partition coefficient (Wildman–Crippen LogP) is 6.15. The van der Waals surface area contributed by atoms with Crippen LogP contribution >= 0.6 is 23.2 Å². The highest BCUT2D eigenvalue weighted by atomic mass is 35.5. The molecule has 4 aromatic rings. The molecular weight excluding hydrogens is 415 g/mol. The van der Waals surface area contributed by atoms with Crippen LogP contribution in [-0.2, 0) is 13.1 Å². The average Bonchev–Trinajstić information content (AvgIpc) is 3.19. The Morgan fingerprint density at radius 2 is 1.47 bits per heavy atom. The third-order valence-corrected chi connectivity index (χ3v) is 5.72. The highest BCUT2D eigenvalue weighted by molar-refractivity contribution is 6.35. The first-order valence-corrected chi connectivity index (χ1v) is 10.6. The summed E-state index contributed by atoms with van der Waals surface area (Å²) in [4.78, 5) is 1.67. The molecule has 0 amide bonds. The first-order valence-electron chi connectivity index (χ1n) is 9.82. The standard InChI is InChI=1S/C24H22Cl2N4/c1-17(18-9-4-2-5-10-18)27-15-23-24(19-11-6-3-7-12-19)29-30(28-23)16-20-21(25)13-8-14-22(20)26/h2-14,17,27H,15-16H2,1H3/t17-/m1/s1. The van der Waals surface area contributed by atoms with Crippen LogP contribution in [0, 0.1) is 0 Å². The van der Waals surface area contributed by atoms with Gasteiger partial charge in [-0.05, 0) is 24.6 Å². The van der Waals surface area contributed by atoms with Gasteiger partial charge in [-0.2, -0.15) is 15.0 Å². The lowest BCUT2D eigenvalue weighted by atomic mass is 10.1. The number of nitrogens with one attached hydrogen (secondary N) is 1. The van der Waals surface area contributed by atoms with Crippen molar-refractivity contribution in [3.63, 3.8) is 0 Å². The topological polar surface area (TPSA) is 42.7 Å². The molecule has 1 aromatic heterocycles. The van der Waals surface area contributed by atoms with E-state index in [1.807, 2.05) is 66.7 Å². The lowest BCUT2D eigenvalue weighted by Gasteiger charge is -2.13. The molecule has 0 saturated carbocycles. The molecule has 1 heterocycles. The van der Waals surface area contributed by atoms with Gasteiger partial charge in [0.1, 0.15) is 11.4 Å². The fourth-order valence-corrected chi connectivity index (χ4v) is 3.84. The number of hydrogen-bond acceptors (Lipinski definition) is 3. The van der Waals surface area contributed by atoms with Gasteiger partial charge in [0.05, 0.1) is 6.54 Å². The van der Waals surface area contributed by atoms with Crippen molar-refractivity contribution in [3.05, 3.63) is 106 Å². The Bertz CT molecular complexity index is 1090. The fraction of sp³-hybridized carbons (Fsp3) is 0.167. The van der Waals surface area contributed by atoms with Crippen molar-refractivity contribution in [2.24, 2.45) is 0 Å². The number of halogens is 2. The molecule has 1 atom stereocenters. The largest absolute Gasteiger partial charge is 0.304 e. The molecule has 0 aliphatic carbocycles. The van der Waals surface area contributed by atoms with E-state index in [0.29, 0.717) is 23.1 Å². The molecule has 4 rings (SSSR count). The van der Waals surface area contributed by atoms with Crippen molar-refractivity contribution in [1.29, 1.82) is 0 Å². The summed E-state index contributed by atoms with van der Waals surface area (Å²) in [6.45, 7) is 3.15. The van der Waals surface area contributed by atoms with Gasteiger partial charge in [-0.3, -0.25) is 0 Å². The van der Waals surface area contributed by atoms with Gasteiger partial charge in [0.2, 0.25) is 0 Å². The van der Waals surface area contributed by atoms with Crippen LogP contribution in [0.25, 0.3) is 11.3 Å². The van der Waals surface area contributed by atoms with Crippen molar-refractivity contribution in [2.75, 3.05) is 0 Å². The molecule has 3 aromatic carbocycles. The number of benzene rings is 3. The number of hydrogen-bond donors (Lipinski definition) is 1. The lowest BCUT2D eigenvalue weighted by molar-refractivity contribution is 0.547. The number of nitrogens with zero attached hydrogens (tertiary/aromatic N) is 3. The second kappa shape index (κ2) is 9.43. The molecule has 0 radical (unpaired) electrons. The third kappa shape index (κ3) is 4.73. The summed E-state index contributed by atoms with van der Waals surface area (Å²) in [5.41, 5.74) is 4.80. The van der Waals surface area contributed by atoms with Crippen molar-refractivity contribution in [1.82, 2.24) is 20.3 Å². The molecule has 0 saturated heterocycles. The van der Waals surface area contributed by atoms with Crippen LogP contribution in [0.3, 0.4) is 0 Å². The summed E-state index contributed by atoms with van der Waals surface area (Å²) < 4.78 is 0. The Balaban J connectivity index is 1.61. The maximum Gasteiger partial charge on any atom is 0.117 e. The summed E-state index contributed by atoms with van der Waals surface area (Å²) >= 11 is 12.7. The Kier molecular flexibility index (Phi) is 6.48. The van der Waals surface area contributed by atoms with Gasteiger partial charge in [-0.15, -0.1) is 0 Å². The molecule has 0 aliphatic heterocycles. The van der Waals surface area contributed by atoms with E-state index in [9.17, 15) is 0 Å². The van der Waals surface area contributed by atoms with Crippen molar-refractivity contribution in [2.45, 2.75) is 26.1 Å². The Morgan fingerprint density at radius 3 is 2.13 bits per heavy atom. The van der Waals surface area contributed by atoms with E-state index in [2.05, 4.69) is 24.4 Å². The molecule has 0 spiro atoms. The molecular formula is C24H22Cl2N4. The SMILES string of the molecule is C[C@@H](NCc1nn(Cc2c(Cl)cccc2Cl)nc1-c1ccccc1)c1ccccc1. The van der Waals surface area contributed by atoms with E-state index in [0.717, 1.165) is 22.5 Å². The maximum atomic E-state index is 6.35. The van der Waals surface area contributed by atoms with Crippen LogP contribution < -0.4 is 5.32 Å². The Hall–Kier alpha value is -2.66. The van der Waals surface area contributed by atoms with E-state index in [1.54, 1.807) is 4.80 Å². The Morgan fingerprint density at radius 1 is 0.833 bits per heavy atom. The van der Waals surface area contributed by atoms with Crippen molar-refractivity contribution in [3.8, 4) is 11.3 Å². The molecule has 152 valence electrons. The molecule has 6 heteroatoms. The van der Waals surface area contributed by atoms with Crippen LogP contribution in [0.2, 0.25) is 10.0 Å². The summed E-state index contributed by atoms with van der Waals surface area (Å²) in [5, 5.41) is 14.3. The molecule has 30 heavy (non-hydrogen) atoms. The highest BCUT2D eigenvalue weighted by Crippen LogP contribution is 2.26. The van der Waals surface area contributed by atoms with E-state index in [1.165, 1.54) is 5.56 Å². The highest BCUT2D eigenvalue weighted by Gasteiger charge is 2.16. The summed E-state index contributed by atoms with van der Waals surface area (Å²) in [6, 6.07) is 26.1. The minimum absolute atomic E-state index is 0.193. The first kappa shape index (κ1) is 20.6. The molecule has 0 fully saturated rings. The molecule has 1 N–H and O–H groups in total. The molecule has 4 nitrogen and oxygen atoms in total. The van der Waals surface area contributed by atoms with Gasteiger partial charge in [0, 0.05) is 33.8 Å². The maximum absolute atomic E-state index is 6.35. The van der Waals surface area contributed by atoms with Gasteiger partial charge >= 0.3 is 0 Å². The lowest BCUT2D eigenvalue weighted by Crippen LogP contribution is -2.19. The monoisotopic (exact) mass is 436 g/mol. The first-order chi connectivity index (χ1) is 14.6. The van der Waals surface area contributed by atoms with E-state index >= 15 is 0 Å². The van der Waals surface area contributed by atoms with Gasteiger partial charge in [-0.25, -0.2) is 0 Å². The second-order valence-corrected chi connectivity index (χ2v) is 7.92. The summed E-state index contributed by atoms with van der Waals surface area (Å²) in [7, 11) is 0. The van der Waals surface area contributed by atoms with E-state index in [-0.39, 0.29) is 6.04 Å². The van der Waals surface area contributed by atoms with Gasteiger partial charge < -0.3 is 5.32 Å². The van der Waals surface area contributed by atoms with Crippen molar-refractivity contribution >= 4 is 23.2 Å². The minimum atomic E-state index is 0.193. The molecule has 0 aliphatic rings. The minimum Gasteiger partial charge on any atom is -0.304 e. The number of rotatable bonds is 7. The fourth-order valence-electron chi connectivity index (χ4n) is 3.33. The van der Waals surface area contributed by atoms with Gasteiger partial charge in [-0.1, -0.05) is 89.9 Å². The van der Waals surface area contributed by atoms with Crippen LogP contribution in [-0.4, -0.2) is 15.0 Å². The van der Waals surface area contributed by atoms with Gasteiger partial charge in [0.25, 0.3) is 0 Å². The number of aromatic nitrogens is 3. The van der Waals surface area contributed by atoms with Crippen LogP contribution in [0.4, 0.5) is 0 Å². The zero-order chi connectivity index (χ0) is 20.9. The van der Waals surface area contributed by atoms with E-state index < -0.39 is 0 Å². The van der Waals surface area contributed by atoms with Gasteiger partial charge in [0.15, 0.2) is 0 Å². The Labute approximate surface area is 186 Å². The van der Waals surface area contributed by atoms with Crippen LogP contribution in [0.1, 0.15) is 29.8 Å². The smallest absolute Gasteiger partial charge is 0.117 e. The van der Waals surface area contributed by atoms with Crippen LogP contribution in [0.5, 0.6) is 0 Å². The van der Waals surface area contributed by atoms with E-state index in [4.69, 9.17) is 33.4 Å². The summed E-state index contributed by atoms with van der Waals surface area (Å²) in [5.74, 6) is 0. The predicted molar refractivity (Wildman–Crippen MR) is 123 cm³/mol. The molecule has 0 bridgehead atoms. The van der Waals surface area contributed by atoms with Crippen molar-refractivity contribution < 1.29 is 0 Å². The third-order valence-electron chi connectivity index (χ3n) is 5.01. The normalized spacial score (nSPS) is 12.1. The van der Waals surface area contributed by atoms with Crippen LogP contribution in [0.15, 0.2) is 78.9 Å². The second-order valence-electron chi connectivity index (χ2n) is 7.11. The zero-order valence-corrected chi connectivity index (χ0v) is 18.1.